The van der Waals surface area contributed by atoms with Gasteiger partial charge in [0, 0.05) is 18.5 Å². The first-order valence-electron chi connectivity index (χ1n) is 6.91. The summed E-state index contributed by atoms with van der Waals surface area (Å²) in [7, 11) is 0. The highest BCUT2D eigenvalue weighted by Gasteiger charge is 2.15. The second-order valence-corrected chi connectivity index (χ2v) is 6.44. The van der Waals surface area contributed by atoms with Gasteiger partial charge in [-0.05, 0) is 37.5 Å². The lowest BCUT2D eigenvalue weighted by Crippen LogP contribution is -2.18. The van der Waals surface area contributed by atoms with E-state index in [2.05, 4.69) is 9.97 Å². The van der Waals surface area contributed by atoms with Gasteiger partial charge in [0.15, 0.2) is 0 Å². The molecule has 106 valence electrons. The second-order valence-electron chi connectivity index (χ2n) is 5.16. The molecule has 3 rings (SSSR count). The maximum absolute atomic E-state index is 12.0. The molecule has 0 bridgehead atoms. The van der Waals surface area contributed by atoms with E-state index in [1.807, 2.05) is 36.9 Å². The van der Waals surface area contributed by atoms with Crippen LogP contribution in [0.25, 0.3) is 10.9 Å². The molecule has 1 aliphatic rings. The average molecular weight is 290 g/mol. The van der Waals surface area contributed by atoms with Gasteiger partial charge in [0.05, 0.1) is 16.7 Å². The number of nitrogens with zero attached hydrogens (tertiary/aromatic N) is 1. The fourth-order valence-corrected chi connectivity index (χ4v) is 3.46. The minimum absolute atomic E-state index is 0.0439. The predicted molar refractivity (Wildman–Crippen MR) is 82.2 cm³/mol. The smallest absolute Gasteiger partial charge is 0.258 e. The molecule has 0 unspecified atom stereocenters. The number of ether oxygens (including phenoxy) is 1. The molecule has 1 saturated heterocycles. The summed E-state index contributed by atoms with van der Waals surface area (Å²) in [5, 5.41) is 1.28. The van der Waals surface area contributed by atoms with Crippen LogP contribution < -0.4 is 5.56 Å². The lowest BCUT2D eigenvalue weighted by molar-refractivity contribution is 0.1000. The fourth-order valence-electron chi connectivity index (χ4n) is 2.41. The highest BCUT2D eigenvalue weighted by atomic mass is 32.2. The molecule has 0 aliphatic carbocycles. The fraction of sp³-hybridized carbons (Fsp3) is 0.467. The Kier molecular flexibility index (Phi) is 4.08. The van der Waals surface area contributed by atoms with Crippen molar-refractivity contribution < 1.29 is 4.74 Å². The quantitative estimate of drug-likeness (QED) is 0.944. The average Bonchev–Trinajstić information content (AvgIpc) is 2.46. The molecule has 1 fully saturated rings. The number of nitrogens with one attached hydrogen (secondary N) is 1. The van der Waals surface area contributed by atoms with Crippen LogP contribution in [0.2, 0.25) is 0 Å². The van der Waals surface area contributed by atoms with Crippen molar-refractivity contribution in [2.45, 2.75) is 30.8 Å². The third-order valence-electron chi connectivity index (χ3n) is 3.54. The molecule has 0 saturated carbocycles. The molecule has 2 aromatic rings. The summed E-state index contributed by atoms with van der Waals surface area (Å²) >= 11 is 1.86. The molecule has 20 heavy (non-hydrogen) atoms. The third-order valence-corrected chi connectivity index (χ3v) is 4.92. The largest absolute Gasteiger partial charge is 0.381 e. The highest BCUT2D eigenvalue weighted by molar-refractivity contribution is 7.99. The Morgan fingerprint density at radius 2 is 2.20 bits per heavy atom. The molecule has 2 heterocycles. The minimum atomic E-state index is -0.0439. The van der Waals surface area contributed by atoms with Crippen molar-refractivity contribution in [1.82, 2.24) is 9.97 Å². The van der Waals surface area contributed by atoms with Crippen molar-refractivity contribution in [1.29, 1.82) is 0 Å². The van der Waals surface area contributed by atoms with E-state index in [0.717, 1.165) is 48.7 Å². The van der Waals surface area contributed by atoms with Gasteiger partial charge in [0.2, 0.25) is 0 Å². The van der Waals surface area contributed by atoms with Gasteiger partial charge in [-0.2, -0.15) is 11.8 Å². The van der Waals surface area contributed by atoms with Crippen LogP contribution in [0.4, 0.5) is 0 Å². The summed E-state index contributed by atoms with van der Waals surface area (Å²) in [4.78, 5) is 19.5. The van der Waals surface area contributed by atoms with Gasteiger partial charge in [0.25, 0.3) is 5.56 Å². The van der Waals surface area contributed by atoms with Crippen molar-refractivity contribution in [3.05, 3.63) is 39.9 Å². The van der Waals surface area contributed by atoms with E-state index < -0.39 is 0 Å². The Balaban J connectivity index is 1.79. The number of aryl methyl sites for hydroxylation is 1. The predicted octanol–water partition coefficient (Wildman–Crippen LogP) is 2.64. The zero-order valence-electron chi connectivity index (χ0n) is 11.5. The van der Waals surface area contributed by atoms with Gasteiger partial charge in [-0.1, -0.05) is 6.07 Å². The van der Waals surface area contributed by atoms with Crippen LogP contribution >= 0.6 is 11.8 Å². The van der Waals surface area contributed by atoms with E-state index in [1.54, 1.807) is 0 Å². The van der Waals surface area contributed by atoms with Crippen molar-refractivity contribution in [2.24, 2.45) is 0 Å². The number of aromatic amines is 1. The van der Waals surface area contributed by atoms with Gasteiger partial charge in [0.1, 0.15) is 5.82 Å². The Hall–Kier alpha value is -1.33. The number of benzene rings is 1. The minimum Gasteiger partial charge on any atom is -0.381 e. The molecular formula is C15H18N2O2S. The molecule has 4 nitrogen and oxygen atoms in total. The molecule has 1 aliphatic heterocycles. The monoisotopic (exact) mass is 290 g/mol. The van der Waals surface area contributed by atoms with Crippen LogP contribution in [0.3, 0.4) is 0 Å². The van der Waals surface area contributed by atoms with E-state index in [4.69, 9.17) is 4.74 Å². The molecular weight excluding hydrogens is 272 g/mol. The summed E-state index contributed by atoms with van der Waals surface area (Å²) in [6.45, 7) is 3.70. The number of fused-ring (bicyclic) bond motifs is 1. The summed E-state index contributed by atoms with van der Waals surface area (Å²) in [5.41, 5.74) is 1.87. The van der Waals surface area contributed by atoms with Crippen molar-refractivity contribution in [3.63, 3.8) is 0 Å². The number of thioether (sulfide) groups is 1. The Morgan fingerprint density at radius 1 is 1.40 bits per heavy atom. The number of hydrogen-bond acceptors (Lipinski definition) is 4. The maximum Gasteiger partial charge on any atom is 0.258 e. The number of rotatable bonds is 3. The zero-order valence-corrected chi connectivity index (χ0v) is 12.3. The van der Waals surface area contributed by atoms with Crippen LogP contribution in [-0.4, -0.2) is 28.4 Å². The van der Waals surface area contributed by atoms with E-state index in [0.29, 0.717) is 10.6 Å². The normalized spacial score (nSPS) is 16.6. The number of hydrogen-bond donors (Lipinski definition) is 1. The number of aromatic nitrogens is 2. The van der Waals surface area contributed by atoms with Crippen LogP contribution in [0.5, 0.6) is 0 Å². The second kappa shape index (κ2) is 5.97. The first-order valence-corrected chi connectivity index (χ1v) is 7.96. The molecule has 1 N–H and O–H groups in total. The molecule has 0 amide bonds. The summed E-state index contributed by atoms with van der Waals surface area (Å²) in [6.07, 6.45) is 2.17. The van der Waals surface area contributed by atoms with Gasteiger partial charge >= 0.3 is 0 Å². The zero-order chi connectivity index (χ0) is 13.9. The van der Waals surface area contributed by atoms with Gasteiger partial charge in [-0.3, -0.25) is 4.79 Å². The van der Waals surface area contributed by atoms with Crippen molar-refractivity contribution in [3.8, 4) is 0 Å². The Labute approximate surface area is 121 Å². The molecule has 1 aromatic carbocycles. The van der Waals surface area contributed by atoms with E-state index >= 15 is 0 Å². The first-order chi connectivity index (χ1) is 9.72. The summed E-state index contributed by atoms with van der Waals surface area (Å²) in [5.74, 6) is 1.52. The van der Waals surface area contributed by atoms with Gasteiger partial charge < -0.3 is 9.72 Å². The van der Waals surface area contributed by atoms with Crippen molar-refractivity contribution >= 4 is 22.7 Å². The lowest BCUT2D eigenvalue weighted by Gasteiger charge is -2.21. The maximum atomic E-state index is 12.0. The number of H-pyrrole nitrogens is 1. The Morgan fingerprint density at radius 3 is 3.00 bits per heavy atom. The van der Waals surface area contributed by atoms with E-state index in [1.165, 1.54) is 0 Å². The standard InChI is InChI=1S/C15H18N2O2S/c1-10-2-3-12-13(8-10)16-14(17-15(12)18)9-20-11-4-6-19-7-5-11/h2-3,8,11H,4-7,9H2,1H3,(H,16,17,18). The topological polar surface area (TPSA) is 55.0 Å². The Bertz CT molecular complexity index is 662. The third kappa shape index (κ3) is 3.04. The van der Waals surface area contributed by atoms with Crippen molar-refractivity contribution in [2.75, 3.05) is 13.2 Å². The van der Waals surface area contributed by atoms with Crippen LogP contribution in [0.15, 0.2) is 23.0 Å². The molecule has 0 atom stereocenters. The molecule has 5 heteroatoms. The van der Waals surface area contributed by atoms with Gasteiger partial charge in [-0.15, -0.1) is 0 Å². The summed E-state index contributed by atoms with van der Waals surface area (Å²) < 4.78 is 5.35. The highest BCUT2D eigenvalue weighted by Crippen LogP contribution is 2.24. The van der Waals surface area contributed by atoms with Crippen LogP contribution in [0.1, 0.15) is 24.2 Å². The molecule has 0 spiro atoms. The molecule has 1 aromatic heterocycles. The van der Waals surface area contributed by atoms with Gasteiger partial charge in [-0.25, -0.2) is 4.98 Å². The van der Waals surface area contributed by atoms with Crippen LogP contribution in [-0.2, 0) is 10.5 Å². The summed E-state index contributed by atoms with van der Waals surface area (Å²) in [6, 6.07) is 5.74. The van der Waals surface area contributed by atoms with Crippen LogP contribution in [0, 0.1) is 6.92 Å². The van der Waals surface area contributed by atoms with E-state index in [9.17, 15) is 4.79 Å². The first kappa shape index (κ1) is 13.6. The molecule has 0 radical (unpaired) electrons. The SMILES string of the molecule is Cc1ccc2c(=O)[nH]c(CSC3CCOCC3)nc2c1. The van der Waals surface area contributed by atoms with E-state index in [-0.39, 0.29) is 5.56 Å². The lowest BCUT2D eigenvalue weighted by atomic mass is 10.2.